The van der Waals surface area contributed by atoms with Gasteiger partial charge in [0.25, 0.3) is 0 Å². The van der Waals surface area contributed by atoms with Crippen molar-refractivity contribution in [1.82, 2.24) is 4.98 Å². The number of nitrogens with zero attached hydrogens (tertiary/aromatic N) is 1. The van der Waals surface area contributed by atoms with Crippen LogP contribution in [0.1, 0.15) is 16.1 Å². The quantitative estimate of drug-likeness (QED) is 0.345. The molecule has 7 nitrogen and oxygen atoms in total. The number of carboxylic acids is 1. The Morgan fingerprint density at radius 2 is 1.69 bits per heavy atom. The third kappa shape index (κ3) is 4.86. The lowest BCUT2D eigenvalue weighted by molar-refractivity contribution is 0.0694. The molecule has 8 heteroatoms. The molecule has 0 aliphatic carbocycles. The van der Waals surface area contributed by atoms with Crippen LogP contribution in [0.2, 0.25) is 0 Å². The van der Waals surface area contributed by atoms with Crippen LogP contribution in [-0.4, -0.2) is 35.4 Å². The van der Waals surface area contributed by atoms with E-state index in [1.165, 1.54) is 38.5 Å². The number of methoxy groups -OCH3 is 2. The molecule has 0 aliphatic rings. The molecule has 0 radical (unpaired) electrons. The van der Waals surface area contributed by atoms with Gasteiger partial charge in [0.15, 0.2) is 11.6 Å². The third-order valence-corrected chi connectivity index (χ3v) is 5.38. The van der Waals surface area contributed by atoms with Gasteiger partial charge in [0.1, 0.15) is 29.4 Å². The summed E-state index contributed by atoms with van der Waals surface area (Å²) in [7, 11) is 2.76. The molecule has 0 fully saturated rings. The number of carbonyl (C=O) groups is 1. The summed E-state index contributed by atoms with van der Waals surface area (Å²) in [5, 5.41) is 19.7. The number of phenols is 1. The summed E-state index contributed by atoms with van der Waals surface area (Å²) >= 11 is 0. The van der Waals surface area contributed by atoms with Crippen LogP contribution in [0.5, 0.6) is 23.0 Å². The van der Waals surface area contributed by atoms with E-state index >= 15 is 0 Å². The van der Waals surface area contributed by atoms with Gasteiger partial charge >= 0.3 is 5.97 Å². The summed E-state index contributed by atoms with van der Waals surface area (Å²) in [6.07, 6.45) is 1.62. The van der Waals surface area contributed by atoms with Crippen LogP contribution in [0.25, 0.3) is 22.3 Å². The van der Waals surface area contributed by atoms with Gasteiger partial charge in [-0.05, 0) is 53.6 Å². The van der Waals surface area contributed by atoms with Crippen LogP contribution in [0, 0.1) is 5.82 Å². The van der Waals surface area contributed by atoms with Gasteiger partial charge in [-0.15, -0.1) is 0 Å². The van der Waals surface area contributed by atoms with Crippen molar-refractivity contribution in [2.75, 3.05) is 14.2 Å². The Balaban J connectivity index is 1.81. The molecule has 0 spiro atoms. The number of halogens is 1. The van der Waals surface area contributed by atoms with E-state index in [1.54, 1.807) is 48.7 Å². The Labute approximate surface area is 201 Å². The van der Waals surface area contributed by atoms with Crippen LogP contribution < -0.4 is 14.2 Å². The molecule has 0 unspecified atom stereocenters. The van der Waals surface area contributed by atoms with Crippen molar-refractivity contribution in [3.05, 3.63) is 90.0 Å². The SMILES string of the molecule is COc1cc(-c2ccc(O)cc2)c(OC)c(C(=O)O)c1-c1ccc(OCc2ccccn2)c(F)c1. The molecule has 35 heavy (non-hydrogen) atoms. The lowest BCUT2D eigenvalue weighted by atomic mass is 9.92. The minimum absolute atomic E-state index is 0.00271. The van der Waals surface area contributed by atoms with Crippen molar-refractivity contribution in [1.29, 1.82) is 0 Å². The molecule has 2 N–H and O–H groups in total. The van der Waals surface area contributed by atoms with Crippen molar-refractivity contribution in [3.63, 3.8) is 0 Å². The predicted molar refractivity (Wildman–Crippen MR) is 128 cm³/mol. The van der Waals surface area contributed by atoms with Gasteiger partial charge in [-0.1, -0.05) is 24.3 Å². The number of phenolic OH excluding ortho intramolecular Hbond substituents is 1. The molecule has 178 valence electrons. The first-order valence-electron chi connectivity index (χ1n) is 10.6. The number of ether oxygens (including phenoxy) is 3. The van der Waals surface area contributed by atoms with Crippen molar-refractivity contribution in [2.24, 2.45) is 0 Å². The van der Waals surface area contributed by atoms with Gasteiger partial charge in [-0.3, -0.25) is 4.98 Å². The molecular weight excluding hydrogens is 453 g/mol. The van der Waals surface area contributed by atoms with E-state index in [0.29, 0.717) is 16.8 Å². The topological polar surface area (TPSA) is 98.1 Å². The Morgan fingerprint density at radius 1 is 0.943 bits per heavy atom. The number of aromatic hydroxyl groups is 1. The van der Waals surface area contributed by atoms with Gasteiger partial charge in [-0.2, -0.15) is 0 Å². The Bertz CT molecular complexity index is 1360. The zero-order valence-electron chi connectivity index (χ0n) is 19.0. The summed E-state index contributed by atoms with van der Waals surface area (Å²) in [5.74, 6) is -1.58. The smallest absolute Gasteiger partial charge is 0.340 e. The zero-order valence-corrected chi connectivity index (χ0v) is 19.0. The maximum atomic E-state index is 15.0. The molecule has 0 bridgehead atoms. The molecule has 4 aromatic rings. The predicted octanol–water partition coefficient (Wildman–Crippen LogP) is 5.55. The van der Waals surface area contributed by atoms with Crippen LogP contribution in [0.3, 0.4) is 0 Å². The second kappa shape index (κ2) is 10.1. The van der Waals surface area contributed by atoms with E-state index in [1.807, 2.05) is 0 Å². The number of hydrogen-bond donors (Lipinski definition) is 2. The summed E-state index contributed by atoms with van der Waals surface area (Å²) < 4.78 is 31.6. The molecule has 0 atom stereocenters. The summed E-state index contributed by atoms with van der Waals surface area (Å²) in [4.78, 5) is 16.5. The number of hydrogen-bond acceptors (Lipinski definition) is 6. The van der Waals surface area contributed by atoms with E-state index < -0.39 is 11.8 Å². The normalized spacial score (nSPS) is 10.6. The van der Waals surface area contributed by atoms with E-state index in [2.05, 4.69) is 4.98 Å². The zero-order chi connectivity index (χ0) is 24.9. The molecule has 4 rings (SSSR count). The highest BCUT2D eigenvalue weighted by molar-refractivity contribution is 6.04. The summed E-state index contributed by atoms with van der Waals surface area (Å²) in [5.41, 5.74) is 1.95. The van der Waals surface area contributed by atoms with Crippen LogP contribution in [0.15, 0.2) is 72.9 Å². The van der Waals surface area contributed by atoms with Crippen LogP contribution in [0.4, 0.5) is 4.39 Å². The third-order valence-electron chi connectivity index (χ3n) is 5.38. The molecular formula is C27H22FNO6. The molecule has 0 saturated carbocycles. The Morgan fingerprint density at radius 3 is 2.29 bits per heavy atom. The molecule has 0 amide bonds. The average molecular weight is 475 g/mol. The first-order chi connectivity index (χ1) is 16.9. The van der Waals surface area contributed by atoms with Gasteiger partial charge in [0.05, 0.1) is 19.9 Å². The highest BCUT2D eigenvalue weighted by Crippen LogP contribution is 2.45. The summed E-state index contributed by atoms with van der Waals surface area (Å²) in [6.45, 7) is 0.0793. The lowest BCUT2D eigenvalue weighted by Crippen LogP contribution is -2.07. The maximum Gasteiger partial charge on any atom is 0.340 e. The minimum Gasteiger partial charge on any atom is -0.508 e. The van der Waals surface area contributed by atoms with E-state index in [4.69, 9.17) is 14.2 Å². The number of aromatic carboxylic acids is 1. The minimum atomic E-state index is -1.27. The highest BCUT2D eigenvalue weighted by atomic mass is 19.1. The molecule has 3 aromatic carbocycles. The summed E-state index contributed by atoms with van der Waals surface area (Å²) in [6, 6.07) is 17.4. The van der Waals surface area contributed by atoms with E-state index in [-0.39, 0.29) is 46.3 Å². The van der Waals surface area contributed by atoms with E-state index in [0.717, 1.165) is 0 Å². The largest absolute Gasteiger partial charge is 0.508 e. The standard InChI is InChI=1S/C27H22FNO6/c1-33-23-14-20(16-6-9-19(30)10-7-16)26(34-2)25(27(31)32)24(23)17-8-11-22(21(28)13-17)35-15-18-5-3-4-12-29-18/h3-14,30H,15H2,1-2H3,(H,31,32). The first kappa shape index (κ1) is 23.6. The monoisotopic (exact) mass is 475 g/mol. The number of aromatic nitrogens is 1. The highest BCUT2D eigenvalue weighted by Gasteiger charge is 2.27. The first-order valence-corrected chi connectivity index (χ1v) is 10.6. The number of benzene rings is 3. The van der Waals surface area contributed by atoms with Crippen molar-refractivity contribution in [2.45, 2.75) is 6.61 Å². The Kier molecular flexibility index (Phi) is 6.82. The number of rotatable bonds is 8. The van der Waals surface area contributed by atoms with Crippen molar-refractivity contribution in [3.8, 4) is 45.3 Å². The van der Waals surface area contributed by atoms with Gasteiger partial charge in [0, 0.05) is 17.3 Å². The second-order valence-corrected chi connectivity index (χ2v) is 7.52. The van der Waals surface area contributed by atoms with Gasteiger partial charge in [0.2, 0.25) is 0 Å². The van der Waals surface area contributed by atoms with Gasteiger partial charge in [-0.25, -0.2) is 9.18 Å². The molecule has 1 aromatic heterocycles. The van der Waals surface area contributed by atoms with Crippen LogP contribution in [-0.2, 0) is 6.61 Å². The average Bonchev–Trinajstić information content (AvgIpc) is 2.87. The second-order valence-electron chi connectivity index (χ2n) is 7.52. The van der Waals surface area contributed by atoms with Crippen LogP contribution >= 0.6 is 0 Å². The molecule has 0 saturated heterocycles. The molecule has 0 aliphatic heterocycles. The van der Waals surface area contributed by atoms with Crippen molar-refractivity contribution >= 4 is 5.97 Å². The fourth-order valence-corrected chi connectivity index (χ4v) is 3.77. The molecule has 1 heterocycles. The van der Waals surface area contributed by atoms with Crippen molar-refractivity contribution < 1.29 is 33.6 Å². The number of carboxylic acid groups (broad SMARTS) is 1. The fourth-order valence-electron chi connectivity index (χ4n) is 3.77. The number of pyridine rings is 1. The van der Waals surface area contributed by atoms with Gasteiger partial charge < -0.3 is 24.4 Å². The lowest BCUT2D eigenvalue weighted by Gasteiger charge is -2.19. The Hall–Kier alpha value is -4.59. The van der Waals surface area contributed by atoms with E-state index in [9.17, 15) is 19.4 Å². The maximum absolute atomic E-state index is 15.0. The fraction of sp³-hybridized carbons (Fsp3) is 0.111.